The quantitative estimate of drug-likeness (QED) is 0.504. The molecule has 162 valence electrons. The predicted octanol–water partition coefficient (Wildman–Crippen LogP) is 6.30. The molecule has 5 heteroatoms. The zero-order chi connectivity index (χ0) is 22.4. The Hall–Kier alpha value is -1.45. The molecule has 3 N–H and O–H groups in total. The maximum absolute atomic E-state index is 8.83. The summed E-state index contributed by atoms with van der Waals surface area (Å²) in [6.07, 6.45) is 2.09. The Morgan fingerprint density at radius 3 is 1.79 bits per heavy atom. The standard InChI is InChI=1S/C15H17O3P.C3H8.2C2H6.CH4O/c1-12-9-15(18-11-19(16)17)8-7-14(12)10-13-5-3-2-4-6-13;1-3-2;3*1-2/h2-9,16-17H,10-11H2,1H3;3H2,1-2H3;2*1-2H3;2H,1H3. The Labute approximate surface area is 174 Å². The van der Waals surface area contributed by atoms with E-state index in [1.165, 1.54) is 17.5 Å². The third-order valence-electron chi connectivity index (χ3n) is 2.90. The van der Waals surface area contributed by atoms with Gasteiger partial charge in [0.15, 0.2) is 6.35 Å². The van der Waals surface area contributed by atoms with E-state index in [-0.39, 0.29) is 6.35 Å². The molecule has 0 unspecified atom stereocenters. The van der Waals surface area contributed by atoms with Gasteiger partial charge in [-0.1, -0.05) is 84.4 Å². The van der Waals surface area contributed by atoms with Crippen molar-refractivity contribution in [1.29, 1.82) is 0 Å². The lowest BCUT2D eigenvalue weighted by atomic mass is 10.0. The number of hydrogen-bond donors (Lipinski definition) is 3. The maximum Gasteiger partial charge on any atom is 0.205 e. The van der Waals surface area contributed by atoms with Gasteiger partial charge in [0.1, 0.15) is 5.75 Å². The smallest absolute Gasteiger partial charge is 0.205 e. The SMILES string of the molecule is CC.CC.CCC.CO.Cc1cc(OCP(O)O)ccc1Cc1ccccc1. The van der Waals surface area contributed by atoms with E-state index in [2.05, 4.69) is 26.0 Å². The lowest BCUT2D eigenvalue weighted by molar-refractivity contribution is 0.347. The summed E-state index contributed by atoms with van der Waals surface area (Å²) in [5.41, 5.74) is 3.66. The number of hydrogen-bond acceptors (Lipinski definition) is 4. The van der Waals surface area contributed by atoms with Gasteiger partial charge in [0.05, 0.1) is 0 Å². The molecule has 0 amide bonds. The minimum Gasteiger partial charge on any atom is -0.484 e. The topological polar surface area (TPSA) is 69.9 Å². The highest BCUT2D eigenvalue weighted by molar-refractivity contribution is 7.44. The lowest BCUT2D eigenvalue weighted by Gasteiger charge is -2.10. The van der Waals surface area contributed by atoms with E-state index in [0.717, 1.165) is 19.1 Å². The van der Waals surface area contributed by atoms with E-state index in [1.807, 2.05) is 71.0 Å². The highest BCUT2D eigenvalue weighted by Gasteiger charge is 2.04. The van der Waals surface area contributed by atoms with Gasteiger partial charge in [-0.15, -0.1) is 0 Å². The molecular weight excluding hydrogens is 371 g/mol. The number of aliphatic hydroxyl groups excluding tert-OH is 1. The summed E-state index contributed by atoms with van der Waals surface area (Å²) >= 11 is 0. The van der Waals surface area contributed by atoms with Gasteiger partial charge in [0, 0.05) is 7.11 Å². The van der Waals surface area contributed by atoms with Crippen LogP contribution in [0.15, 0.2) is 48.5 Å². The number of aliphatic hydroxyl groups is 1. The monoisotopic (exact) mass is 412 g/mol. The average Bonchev–Trinajstić information content (AvgIpc) is 2.74. The van der Waals surface area contributed by atoms with Crippen LogP contribution in [0.2, 0.25) is 0 Å². The second kappa shape index (κ2) is 23.6. The fourth-order valence-corrected chi connectivity index (χ4v) is 2.17. The van der Waals surface area contributed by atoms with Crippen LogP contribution in [0.1, 0.15) is 64.7 Å². The van der Waals surface area contributed by atoms with Crippen molar-refractivity contribution < 1.29 is 19.6 Å². The number of benzene rings is 2. The molecule has 4 nitrogen and oxygen atoms in total. The van der Waals surface area contributed by atoms with Crippen molar-refractivity contribution in [2.45, 2.75) is 61.3 Å². The molecule has 0 saturated carbocycles. The van der Waals surface area contributed by atoms with E-state index in [0.29, 0.717) is 5.75 Å². The molecule has 0 radical (unpaired) electrons. The Morgan fingerprint density at radius 2 is 1.36 bits per heavy atom. The van der Waals surface area contributed by atoms with Crippen molar-refractivity contribution in [1.82, 2.24) is 0 Å². The van der Waals surface area contributed by atoms with Crippen LogP contribution in [0, 0.1) is 6.92 Å². The largest absolute Gasteiger partial charge is 0.484 e. The van der Waals surface area contributed by atoms with Gasteiger partial charge in [-0.2, -0.15) is 0 Å². The molecule has 0 heterocycles. The summed E-state index contributed by atoms with van der Waals surface area (Å²) in [5, 5.41) is 7.00. The zero-order valence-electron chi connectivity index (χ0n) is 18.9. The van der Waals surface area contributed by atoms with E-state index in [1.54, 1.807) is 0 Å². The Morgan fingerprint density at radius 1 is 0.857 bits per heavy atom. The fourth-order valence-electron chi connectivity index (χ4n) is 1.90. The molecule has 0 aliphatic rings. The summed E-state index contributed by atoms with van der Waals surface area (Å²) in [6, 6.07) is 16.1. The maximum atomic E-state index is 8.83. The van der Waals surface area contributed by atoms with E-state index < -0.39 is 8.38 Å². The van der Waals surface area contributed by atoms with Crippen LogP contribution >= 0.6 is 8.38 Å². The highest BCUT2D eigenvalue weighted by atomic mass is 31.2. The zero-order valence-corrected chi connectivity index (χ0v) is 19.8. The fraction of sp³-hybridized carbons (Fsp3) is 0.478. The lowest BCUT2D eigenvalue weighted by Crippen LogP contribution is -1.97. The highest BCUT2D eigenvalue weighted by Crippen LogP contribution is 2.26. The molecule has 0 aromatic heterocycles. The normalized spacial score (nSPS) is 8.57. The number of aryl methyl sites for hydroxylation is 1. The minimum atomic E-state index is -2.00. The third kappa shape index (κ3) is 16.7. The Bertz CT molecular complexity index is 546. The Kier molecular flexibility index (Phi) is 26.3. The van der Waals surface area contributed by atoms with Crippen molar-refractivity contribution in [3.05, 3.63) is 65.2 Å². The van der Waals surface area contributed by atoms with Crippen molar-refractivity contribution >= 4 is 8.38 Å². The predicted molar refractivity (Wildman–Crippen MR) is 124 cm³/mol. The van der Waals surface area contributed by atoms with Crippen LogP contribution in [0.4, 0.5) is 0 Å². The second-order valence-electron chi connectivity index (χ2n) is 5.10. The van der Waals surface area contributed by atoms with Crippen molar-refractivity contribution in [3.8, 4) is 5.75 Å². The van der Waals surface area contributed by atoms with Crippen LogP contribution in [0.25, 0.3) is 0 Å². The van der Waals surface area contributed by atoms with Crippen LogP contribution in [0.3, 0.4) is 0 Å². The molecule has 0 fully saturated rings. The van der Waals surface area contributed by atoms with Crippen molar-refractivity contribution in [2.24, 2.45) is 0 Å². The Balaban J connectivity index is -0.000000604. The van der Waals surface area contributed by atoms with Gasteiger partial charge < -0.3 is 19.6 Å². The van der Waals surface area contributed by atoms with Crippen molar-refractivity contribution in [3.63, 3.8) is 0 Å². The molecule has 0 saturated heterocycles. The molecule has 28 heavy (non-hydrogen) atoms. The first-order valence-corrected chi connectivity index (χ1v) is 11.4. The molecular formula is C23H41O4P. The van der Waals surface area contributed by atoms with Crippen LogP contribution in [-0.2, 0) is 6.42 Å². The molecule has 2 aromatic rings. The summed E-state index contributed by atoms with van der Waals surface area (Å²) in [5.74, 6) is 0.671. The average molecular weight is 413 g/mol. The third-order valence-corrected chi connectivity index (χ3v) is 3.26. The molecule has 0 aliphatic heterocycles. The van der Waals surface area contributed by atoms with Crippen molar-refractivity contribution in [2.75, 3.05) is 13.5 Å². The van der Waals surface area contributed by atoms with E-state index >= 15 is 0 Å². The molecule has 0 aliphatic carbocycles. The molecule has 2 aromatic carbocycles. The number of rotatable bonds is 5. The molecule has 2 rings (SSSR count). The van der Waals surface area contributed by atoms with Gasteiger partial charge in [0.25, 0.3) is 0 Å². The van der Waals surface area contributed by atoms with Crippen LogP contribution in [0.5, 0.6) is 5.75 Å². The van der Waals surface area contributed by atoms with Gasteiger partial charge >= 0.3 is 0 Å². The van der Waals surface area contributed by atoms with Gasteiger partial charge in [-0.05, 0) is 42.2 Å². The van der Waals surface area contributed by atoms with Gasteiger partial charge in [0.2, 0.25) is 8.38 Å². The number of ether oxygens (including phenoxy) is 1. The summed E-state index contributed by atoms with van der Waals surface area (Å²) in [6.45, 7) is 14.3. The molecule has 0 bridgehead atoms. The van der Waals surface area contributed by atoms with Crippen LogP contribution < -0.4 is 4.74 Å². The molecule has 0 spiro atoms. The van der Waals surface area contributed by atoms with Gasteiger partial charge in [-0.25, -0.2) is 0 Å². The first kappa shape index (κ1) is 31.3. The summed E-state index contributed by atoms with van der Waals surface area (Å²) < 4.78 is 5.28. The molecule has 0 atom stereocenters. The van der Waals surface area contributed by atoms with E-state index in [9.17, 15) is 0 Å². The van der Waals surface area contributed by atoms with E-state index in [4.69, 9.17) is 19.6 Å². The first-order chi connectivity index (χ1) is 13.6. The second-order valence-corrected chi connectivity index (χ2v) is 6.11. The van der Waals surface area contributed by atoms with Gasteiger partial charge in [-0.3, -0.25) is 0 Å². The summed E-state index contributed by atoms with van der Waals surface area (Å²) in [7, 11) is -1.00. The summed E-state index contributed by atoms with van der Waals surface area (Å²) in [4.78, 5) is 17.7. The minimum absolute atomic E-state index is 0.0488. The first-order valence-electron chi connectivity index (χ1n) is 9.93. The van der Waals surface area contributed by atoms with Crippen LogP contribution in [-0.4, -0.2) is 28.4 Å².